The molecule has 1 amide bonds. The van der Waals surface area contributed by atoms with E-state index in [0.717, 1.165) is 5.56 Å². The lowest BCUT2D eigenvalue weighted by Gasteiger charge is -2.10. The summed E-state index contributed by atoms with van der Waals surface area (Å²) in [7, 11) is 0. The number of anilines is 1. The Morgan fingerprint density at radius 2 is 2.04 bits per heavy atom. The Kier molecular flexibility index (Phi) is 5.60. The largest absolute Gasteiger partial charge is 0.451 e. The third-order valence-electron chi connectivity index (χ3n) is 3.46. The minimum absolute atomic E-state index is 0.173. The molecule has 3 rings (SSSR count). The Hall–Kier alpha value is -2.77. The van der Waals surface area contributed by atoms with Gasteiger partial charge in [0.15, 0.2) is 6.61 Å². The number of hydrogen-bond acceptors (Lipinski definition) is 4. The summed E-state index contributed by atoms with van der Waals surface area (Å²) in [5.41, 5.74) is 1.04. The number of esters is 1. The molecule has 0 saturated heterocycles. The van der Waals surface area contributed by atoms with Gasteiger partial charge in [-0.25, -0.2) is 9.48 Å². The van der Waals surface area contributed by atoms with Crippen LogP contribution in [0, 0.1) is 0 Å². The van der Waals surface area contributed by atoms with Crippen molar-refractivity contribution in [3.8, 4) is 0 Å². The van der Waals surface area contributed by atoms with E-state index in [9.17, 15) is 9.59 Å². The zero-order valence-electron chi connectivity index (χ0n) is 13.4. The van der Waals surface area contributed by atoms with Crippen molar-refractivity contribution >= 4 is 40.9 Å². The van der Waals surface area contributed by atoms with Gasteiger partial charge in [-0.05, 0) is 17.7 Å². The zero-order chi connectivity index (χ0) is 18.5. The molecule has 0 spiro atoms. The number of hydrogen-bond donors (Lipinski definition) is 2. The van der Waals surface area contributed by atoms with Crippen LogP contribution in [0.15, 0.2) is 48.8 Å². The van der Waals surface area contributed by atoms with Gasteiger partial charge >= 0.3 is 5.97 Å². The molecule has 0 fully saturated rings. The fraction of sp³-hybridized carbons (Fsp3) is 0.118. The second kappa shape index (κ2) is 8.07. The Morgan fingerprint density at radius 1 is 1.23 bits per heavy atom. The Balaban J connectivity index is 1.57. The van der Waals surface area contributed by atoms with Gasteiger partial charge < -0.3 is 15.0 Å². The highest BCUT2D eigenvalue weighted by Crippen LogP contribution is 2.18. The number of aromatic nitrogens is 3. The molecular formula is C17H14Cl2N4O3. The van der Waals surface area contributed by atoms with Crippen molar-refractivity contribution in [3.63, 3.8) is 0 Å². The first-order valence-corrected chi connectivity index (χ1v) is 8.34. The first-order chi connectivity index (χ1) is 12.5. The van der Waals surface area contributed by atoms with Crippen LogP contribution in [0.1, 0.15) is 16.1 Å². The van der Waals surface area contributed by atoms with E-state index >= 15 is 0 Å². The third kappa shape index (κ3) is 4.44. The first-order valence-electron chi connectivity index (χ1n) is 7.59. The highest BCUT2D eigenvalue weighted by atomic mass is 35.5. The Bertz CT molecular complexity index is 935. The zero-order valence-corrected chi connectivity index (χ0v) is 14.9. The fourth-order valence-corrected chi connectivity index (χ4v) is 2.59. The molecule has 0 aliphatic heterocycles. The maximum Gasteiger partial charge on any atom is 0.355 e. The van der Waals surface area contributed by atoms with Crippen molar-refractivity contribution in [1.29, 1.82) is 0 Å². The Labute approximate surface area is 158 Å². The number of carbonyl (C=O) groups excluding carboxylic acids is 2. The van der Waals surface area contributed by atoms with Crippen LogP contribution in [0.25, 0.3) is 0 Å². The molecule has 9 heteroatoms. The van der Waals surface area contributed by atoms with Gasteiger partial charge in [0, 0.05) is 17.3 Å². The topological polar surface area (TPSA) is 89.0 Å². The molecule has 2 aromatic heterocycles. The van der Waals surface area contributed by atoms with Crippen molar-refractivity contribution in [2.75, 3.05) is 11.9 Å². The van der Waals surface area contributed by atoms with Crippen LogP contribution in [0.5, 0.6) is 0 Å². The van der Waals surface area contributed by atoms with Crippen LogP contribution < -0.4 is 5.32 Å². The van der Waals surface area contributed by atoms with E-state index < -0.39 is 18.5 Å². The minimum Gasteiger partial charge on any atom is -0.451 e. The number of ether oxygens (including phenoxy) is 1. The lowest BCUT2D eigenvalue weighted by atomic mass is 10.2. The van der Waals surface area contributed by atoms with E-state index in [-0.39, 0.29) is 5.69 Å². The summed E-state index contributed by atoms with van der Waals surface area (Å²) in [6.45, 7) is -0.0458. The molecule has 0 atom stereocenters. The normalized spacial score (nSPS) is 10.5. The summed E-state index contributed by atoms with van der Waals surface area (Å²) in [5, 5.41) is 7.80. The maximum atomic E-state index is 12.0. The molecule has 0 radical (unpaired) electrons. The van der Waals surface area contributed by atoms with Crippen LogP contribution in [-0.4, -0.2) is 33.2 Å². The molecule has 0 aliphatic rings. The highest BCUT2D eigenvalue weighted by Gasteiger charge is 2.14. The predicted octanol–water partition coefficient (Wildman–Crippen LogP) is 3.36. The molecule has 2 heterocycles. The first kappa shape index (κ1) is 18.0. The number of nitrogens with one attached hydrogen (secondary N) is 2. The van der Waals surface area contributed by atoms with Crippen molar-refractivity contribution in [3.05, 3.63) is 70.1 Å². The number of halogens is 2. The fourth-order valence-electron chi connectivity index (χ4n) is 2.23. The minimum atomic E-state index is -0.670. The molecule has 2 N–H and O–H groups in total. The van der Waals surface area contributed by atoms with E-state index in [4.69, 9.17) is 27.9 Å². The quantitative estimate of drug-likeness (QED) is 0.629. The maximum absolute atomic E-state index is 12.0. The standard InChI is InChI=1S/C17H14Cl2N4O3/c18-12-7-14(20-8-12)17(25)26-10-16(24)22-15-5-6-21-23(15)9-11-3-1-2-4-13(11)19/h1-8,20H,9-10H2,(H,22,24). The van der Waals surface area contributed by atoms with Gasteiger partial charge in [0.25, 0.3) is 5.91 Å². The van der Waals surface area contributed by atoms with Crippen molar-refractivity contribution < 1.29 is 14.3 Å². The van der Waals surface area contributed by atoms with Gasteiger partial charge in [0.2, 0.25) is 0 Å². The summed E-state index contributed by atoms with van der Waals surface area (Å²) in [5.74, 6) is -0.692. The summed E-state index contributed by atoms with van der Waals surface area (Å²) >= 11 is 11.9. The van der Waals surface area contributed by atoms with Crippen LogP contribution >= 0.6 is 23.2 Å². The third-order valence-corrected chi connectivity index (χ3v) is 4.05. The van der Waals surface area contributed by atoms with Crippen LogP contribution in [0.4, 0.5) is 5.82 Å². The molecule has 134 valence electrons. The average Bonchev–Trinajstić information content (AvgIpc) is 3.24. The van der Waals surface area contributed by atoms with Crippen molar-refractivity contribution in [2.24, 2.45) is 0 Å². The number of nitrogens with zero attached hydrogens (tertiary/aromatic N) is 2. The van der Waals surface area contributed by atoms with Gasteiger partial charge in [0.1, 0.15) is 11.5 Å². The number of carbonyl (C=O) groups is 2. The van der Waals surface area contributed by atoms with Crippen LogP contribution in [0.3, 0.4) is 0 Å². The van der Waals surface area contributed by atoms with Crippen LogP contribution in [-0.2, 0) is 16.1 Å². The molecule has 3 aromatic rings. The molecule has 0 bridgehead atoms. The number of rotatable bonds is 6. The molecule has 26 heavy (non-hydrogen) atoms. The van der Waals surface area contributed by atoms with Gasteiger partial charge in [0.05, 0.1) is 17.8 Å². The van der Waals surface area contributed by atoms with E-state index in [1.165, 1.54) is 12.3 Å². The molecular weight excluding hydrogens is 379 g/mol. The van der Waals surface area contributed by atoms with Gasteiger partial charge in [-0.1, -0.05) is 41.4 Å². The monoisotopic (exact) mass is 392 g/mol. The molecule has 0 aliphatic carbocycles. The number of H-pyrrole nitrogens is 1. The number of amides is 1. The summed E-state index contributed by atoms with van der Waals surface area (Å²) in [6.07, 6.45) is 3.00. The number of benzene rings is 1. The summed E-state index contributed by atoms with van der Waals surface area (Å²) in [6, 6.07) is 10.4. The molecule has 7 nitrogen and oxygen atoms in total. The van der Waals surface area contributed by atoms with E-state index in [1.54, 1.807) is 23.0 Å². The molecule has 1 aromatic carbocycles. The second-order valence-electron chi connectivity index (χ2n) is 5.32. The summed E-state index contributed by atoms with van der Waals surface area (Å²) in [4.78, 5) is 26.5. The van der Waals surface area contributed by atoms with Crippen molar-refractivity contribution in [2.45, 2.75) is 6.54 Å². The Morgan fingerprint density at radius 3 is 2.77 bits per heavy atom. The molecule has 0 saturated carbocycles. The van der Waals surface area contributed by atoms with Gasteiger partial charge in [-0.3, -0.25) is 4.79 Å². The SMILES string of the molecule is O=C(COC(=O)c1cc(Cl)c[nH]1)Nc1ccnn1Cc1ccccc1Cl. The highest BCUT2D eigenvalue weighted by molar-refractivity contribution is 6.31. The second-order valence-corrected chi connectivity index (χ2v) is 6.17. The smallest absolute Gasteiger partial charge is 0.355 e. The van der Waals surface area contributed by atoms with Gasteiger partial charge in [-0.15, -0.1) is 0 Å². The van der Waals surface area contributed by atoms with E-state index in [1.807, 2.05) is 18.2 Å². The lowest BCUT2D eigenvalue weighted by Crippen LogP contribution is -2.23. The van der Waals surface area contributed by atoms with E-state index in [2.05, 4.69) is 15.4 Å². The number of aromatic amines is 1. The lowest BCUT2D eigenvalue weighted by molar-refractivity contribution is -0.119. The predicted molar refractivity (Wildman–Crippen MR) is 97.5 cm³/mol. The van der Waals surface area contributed by atoms with Crippen LogP contribution in [0.2, 0.25) is 10.0 Å². The molecule has 0 unspecified atom stereocenters. The average molecular weight is 393 g/mol. The summed E-state index contributed by atoms with van der Waals surface area (Å²) < 4.78 is 6.53. The van der Waals surface area contributed by atoms with Gasteiger partial charge in [-0.2, -0.15) is 5.10 Å². The van der Waals surface area contributed by atoms with Crippen molar-refractivity contribution in [1.82, 2.24) is 14.8 Å². The van der Waals surface area contributed by atoms with E-state index in [0.29, 0.717) is 22.4 Å².